The molecule has 2 aromatic rings. The van der Waals surface area contributed by atoms with Crippen LogP contribution in [0.2, 0.25) is 0 Å². The van der Waals surface area contributed by atoms with Crippen LogP contribution in [0.25, 0.3) is 11.1 Å². The fourth-order valence-electron chi connectivity index (χ4n) is 2.36. The lowest BCUT2D eigenvalue weighted by atomic mass is 10.0. The average molecular weight is 346 g/mol. The summed E-state index contributed by atoms with van der Waals surface area (Å²) in [5.41, 5.74) is 2.27. The molecule has 0 unspecified atom stereocenters. The van der Waals surface area contributed by atoms with E-state index in [2.05, 4.69) is 0 Å². The monoisotopic (exact) mass is 346 g/mol. The standard InChI is InChI=1S/C19H22O4S/c1-3-4-5-12-24(21,22)23-19-11-7-10-18(14-19)17-9-6-8-16(13-17)15(2)20/h6-11,13-14H,3-5,12H2,1-2H3. The van der Waals surface area contributed by atoms with Crippen molar-refractivity contribution >= 4 is 15.9 Å². The smallest absolute Gasteiger partial charge is 0.309 e. The molecule has 4 nitrogen and oxygen atoms in total. The summed E-state index contributed by atoms with van der Waals surface area (Å²) in [5.74, 6) is 0.297. The van der Waals surface area contributed by atoms with Crippen LogP contribution in [0, 0.1) is 0 Å². The molecule has 0 aromatic heterocycles. The van der Waals surface area contributed by atoms with Gasteiger partial charge in [-0.3, -0.25) is 4.79 Å². The van der Waals surface area contributed by atoms with Crippen molar-refractivity contribution in [2.45, 2.75) is 33.1 Å². The minimum atomic E-state index is -3.58. The van der Waals surface area contributed by atoms with Gasteiger partial charge >= 0.3 is 10.1 Å². The molecule has 0 aliphatic carbocycles. The van der Waals surface area contributed by atoms with Crippen LogP contribution in [0.3, 0.4) is 0 Å². The van der Waals surface area contributed by atoms with Gasteiger partial charge in [-0.05, 0) is 42.7 Å². The van der Waals surface area contributed by atoms with Crippen LogP contribution in [-0.4, -0.2) is 20.0 Å². The number of hydrogen-bond acceptors (Lipinski definition) is 4. The number of benzene rings is 2. The summed E-state index contributed by atoms with van der Waals surface area (Å²) >= 11 is 0. The summed E-state index contributed by atoms with van der Waals surface area (Å²) in [6.45, 7) is 3.54. The van der Waals surface area contributed by atoms with E-state index in [9.17, 15) is 13.2 Å². The van der Waals surface area contributed by atoms with Gasteiger partial charge in [0.05, 0.1) is 5.75 Å². The average Bonchev–Trinajstić information content (AvgIpc) is 2.55. The third kappa shape index (κ3) is 5.20. The minimum Gasteiger partial charge on any atom is -0.382 e. The Morgan fingerprint density at radius 2 is 1.67 bits per heavy atom. The summed E-state index contributed by atoms with van der Waals surface area (Å²) in [7, 11) is -3.58. The van der Waals surface area contributed by atoms with E-state index in [1.165, 1.54) is 6.92 Å². The third-order valence-electron chi connectivity index (χ3n) is 3.66. The van der Waals surface area contributed by atoms with Crippen molar-refractivity contribution in [3.05, 3.63) is 54.1 Å². The van der Waals surface area contributed by atoms with E-state index in [0.29, 0.717) is 12.0 Å². The maximum Gasteiger partial charge on any atom is 0.309 e. The van der Waals surface area contributed by atoms with Crippen molar-refractivity contribution in [2.75, 3.05) is 5.75 Å². The minimum absolute atomic E-state index is 0.0113. The highest BCUT2D eigenvalue weighted by Gasteiger charge is 2.13. The second-order valence-corrected chi connectivity index (χ2v) is 7.41. The first-order chi connectivity index (χ1) is 11.4. The maximum atomic E-state index is 12.0. The van der Waals surface area contributed by atoms with Gasteiger partial charge in [-0.25, -0.2) is 0 Å². The van der Waals surface area contributed by atoms with Gasteiger partial charge in [-0.15, -0.1) is 0 Å². The summed E-state index contributed by atoms with van der Waals surface area (Å²) in [4.78, 5) is 11.5. The Hall–Kier alpha value is -2.14. The SMILES string of the molecule is CCCCCS(=O)(=O)Oc1cccc(-c2cccc(C(C)=O)c2)c1. The molecule has 0 N–H and O–H groups in total. The summed E-state index contributed by atoms with van der Waals surface area (Å²) < 4.78 is 29.2. The van der Waals surface area contributed by atoms with Crippen LogP contribution < -0.4 is 4.18 Å². The molecule has 0 atom stereocenters. The van der Waals surface area contributed by atoms with Crippen molar-refractivity contribution < 1.29 is 17.4 Å². The van der Waals surface area contributed by atoms with E-state index in [4.69, 9.17) is 4.18 Å². The number of carbonyl (C=O) groups is 1. The molecule has 0 spiro atoms. The molecule has 0 heterocycles. The number of ketones is 1. The Kier molecular flexibility index (Phi) is 6.15. The molecule has 0 aliphatic heterocycles. The second kappa shape index (κ2) is 8.11. The topological polar surface area (TPSA) is 60.4 Å². The first-order valence-electron chi connectivity index (χ1n) is 8.05. The Morgan fingerprint density at radius 3 is 2.33 bits per heavy atom. The highest BCUT2D eigenvalue weighted by atomic mass is 32.2. The molecule has 0 radical (unpaired) electrons. The highest BCUT2D eigenvalue weighted by Crippen LogP contribution is 2.25. The van der Waals surface area contributed by atoms with E-state index < -0.39 is 10.1 Å². The second-order valence-electron chi connectivity index (χ2n) is 5.72. The molecule has 0 saturated carbocycles. The lowest BCUT2D eigenvalue weighted by Crippen LogP contribution is -2.13. The van der Waals surface area contributed by atoms with Gasteiger partial charge in [0.2, 0.25) is 0 Å². The molecule has 0 saturated heterocycles. The Morgan fingerprint density at radius 1 is 1.00 bits per heavy atom. The molecule has 2 aromatic carbocycles. The van der Waals surface area contributed by atoms with Crippen molar-refractivity contribution in [3.63, 3.8) is 0 Å². The third-order valence-corrected chi connectivity index (χ3v) is 4.89. The van der Waals surface area contributed by atoms with Crippen LogP contribution in [0.5, 0.6) is 5.75 Å². The molecule has 2 rings (SSSR count). The van der Waals surface area contributed by atoms with Gasteiger partial charge in [-0.2, -0.15) is 8.42 Å². The molecule has 24 heavy (non-hydrogen) atoms. The van der Waals surface area contributed by atoms with Crippen LogP contribution in [-0.2, 0) is 10.1 Å². The lowest BCUT2D eigenvalue weighted by Gasteiger charge is -2.09. The normalized spacial score (nSPS) is 11.2. The molecule has 0 bridgehead atoms. The van der Waals surface area contributed by atoms with E-state index in [1.807, 2.05) is 19.1 Å². The Labute approximate surface area is 143 Å². The van der Waals surface area contributed by atoms with Crippen LogP contribution in [0.1, 0.15) is 43.5 Å². The van der Waals surface area contributed by atoms with Crippen molar-refractivity contribution in [1.29, 1.82) is 0 Å². The quantitative estimate of drug-likeness (QED) is 0.402. The molecular formula is C19H22O4S. The number of rotatable bonds is 8. The Balaban J connectivity index is 2.20. The largest absolute Gasteiger partial charge is 0.382 e. The van der Waals surface area contributed by atoms with Gasteiger partial charge < -0.3 is 4.18 Å². The summed E-state index contributed by atoms with van der Waals surface area (Å²) in [5, 5.41) is 0. The number of carbonyl (C=O) groups excluding carboxylic acids is 1. The van der Waals surface area contributed by atoms with E-state index in [0.717, 1.165) is 24.0 Å². The summed E-state index contributed by atoms with van der Waals surface area (Å²) in [6.07, 6.45) is 2.41. The fourth-order valence-corrected chi connectivity index (χ4v) is 3.40. The molecule has 5 heteroatoms. The number of Topliss-reactive ketones (excluding diaryl/α,β-unsaturated/α-hetero) is 1. The molecule has 128 valence electrons. The number of hydrogen-bond donors (Lipinski definition) is 0. The van der Waals surface area contributed by atoms with E-state index in [-0.39, 0.29) is 17.3 Å². The summed E-state index contributed by atoms with van der Waals surface area (Å²) in [6, 6.07) is 14.1. The van der Waals surface area contributed by atoms with Crippen molar-refractivity contribution in [3.8, 4) is 16.9 Å². The number of unbranched alkanes of at least 4 members (excludes halogenated alkanes) is 2. The highest BCUT2D eigenvalue weighted by molar-refractivity contribution is 7.87. The van der Waals surface area contributed by atoms with Gasteiger partial charge in [0, 0.05) is 5.56 Å². The Bertz CT molecular complexity index is 810. The maximum absolute atomic E-state index is 12.0. The van der Waals surface area contributed by atoms with Gasteiger partial charge in [0.1, 0.15) is 5.75 Å². The van der Waals surface area contributed by atoms with Crippen LogP contribution in [0.15, 0.2) is 48.5 Å². The van der Waals surface area contributed by atoms with Gasteiger partial charge in [-0.1, -0.05) is 50.1 Å². The zero-order valence-corrected chi connectivity index (χ0v) is 14.8. The van der Waals surface area contributed by atoms with Crippen LogP contribution in [0.4, 0.5) is 0 Å². The molecule has 0 fully saturated rings. The molecule has 0 aliphatic rings. The predicted molar refractivity (Wildman–Crippen MR) is 95.8 cm³/mol. The fraction of sp³-hybridized carbons (Fsp3) is 0.316. The zero-order chi connectivity index (χ0) is 17.6. The van der Waals surface area contributed by atoms with Crippen molar-refractivity contribution in [1.82, 2.24) is 0 Å². The molecule has 0 amide bonds. The molecular weight excluding hydrogens is 324 g/mol. The van der Waals surface area contributed by atoms with Crippen LogP contribution >= 0.6 is 0 Å². The van der Waals surface area contributed by atoms with E-state index >= 15 is 0 Å². The first-order valence-corrected chi connectivity index (χ1v) is 9.62. The van der Waals surface area contributed by atoms with Gasteiger partial charge in [0.25, 0.3) is 0 Å². The first kappa shape index (κ1) is 18.2. The lowest BCUT2D eigenvalue weighted by molar-refractivity contribution is 0.101. The van der Waals surface area contributed by atoms with Crippen molar-refractivity contribution in [2.24, 2.45) is 0 Å². The predicted octanol–water partition coefficient (Wildman–Crippen LogP) is 4.46. The zero-order valence-electron chi connectivity index (χ0n) is 14.0. The van der Waals surface area contributed by atoms with Gasteiger partial charge in [0.15, 0.2) is 5.78 Å². The van der Waals surface area contributed by atoms with E-state index in [1.54, 1.807) is 36.4 Å².